The quantitative estimate of drug-likeness (QED) is 0.554. The number of nitrogens with zero attached hydrogens (tertiary/aromatic N) is 2. The van der Waals surface area contributed by atoms with Crippen molar-refractivity contribution in [3.63, 3.8) is 0 Å². The molecule has 0 spiro atoms. The molecule has 0 unspecified atom stereocenters. The molecular weight excluding hydrogens is 352 g/mol. The van der Waals surface area contributed by atoms with E-state index >= 15 is 0 Å². The fraction of sp³-hybridized carbons (Fsp3) is 0.176. The summed E-state index contributed by atoms with van der Waals surface area (Å²) in [5, 5.41) is 17.0. The van der Waals surface area contributed by atoms with Gasteiger partial charge in [0, 0.05) is 17.3 Å². The number of hydrogen-bond acceptors (Lipinski definition) is 5. The van der Waals surface area contributed by atoms with E-state index in [-0.39, 0.29) is 23.9 Å². The molecule has 2 heterocycles. The molecule has 0 radical (unpaired) electrons. The molecule has 1 aliphatic rings. The number of H-pyrrole nitrogens is 1. The fourth-order valence-electron chi connectivity index (χ4n) is 2.33. The number of nitrogens with one attached hydrogen (secondary N) is 4. The van der Waals surface area contributed by atoms with Crippen LogP contribution in [0.15, 0.2) is 41.8 Å². The molecule has 3 amide bonds. The largest absolute Gasteiger partial charge is 0.335 e. The smallest absolute Gasteiger partial charge is 0.319 e. The average Bonchev–Trinajstić information content (AvgIpc) is 3.11. The molecule has 0 atom stereocenters. The van der Waals surface area contributed by atoms with Gasteiger partial charge in [-0.1, -0.05) is 12.1 Å². The minimum Gasteiger partial charge on any atom is -0.335 e. The lowest BCUT2D eigenvalue weighted by Gasteiger charge is -2.08. The first-order chi connectivity index (χ1) is 12.7. The fourth-order valence-corrected chi connectivity index (χ4v) is 3.00. The van der Waals surface area contributed by atoms with Crippen LogP contribution in [0.5, 0.6) is 0 Å². The Morgan fingerprint density at radius 3 is 2.81 bits per heavy atom. The van der Waals surface area contributed by atoms with Gasteiger partial charge in [-0.05, 0) is 42.5 Å². The lowest BCUT2D eigenvalue weighted by Crippen LogP contribution is -2.30. The van der Waals surface area contributed by atoms with Crippen LogP contribution in [-0.4, -0.2) is 33.2 Å². The standard InChI is InChI=1S/C17H16N6O2S/c24-15(21-16-20-14(22-23-16)13-5-2-8-26-13)10-3-1-4-12(9-10)19-17(25)18-11-6-7-11/h1-5,8-9,11H,6-7H2,(H2,18,19,25)(H2,20,21,22,23,24). The second-order valence-electron chi connectivity index (χ2n) is 5.89. The maximum absolute atomic E-state index is 12.4. The summed E-state index contributed by atoms with van der Waals surface area (Å²) in [7, 11) is 0. The van der Waals surface area contributed by atoms with Crippen molar-refractivity contribution in [1.29, 1.82) is 0 Å². The molecule has 0 bridgehead atoms. The van der Waals surface area contributed by atoms with Gasteiger partial charge in [0.15, 0.2) is 5.82 Å². The van der Waals surface area contributed by atoms with E-state index in [1.54, 1.807) is 24.3 Å². The highest BCUT2D eigenvalue weighted by Crippen LogP contribution is 2.22. The van der Waals surface area contributed by atoms with Gasteiger partial charge in [-0.3, -0.25) is 15.2 Å². The van der Waals surface area contributed by atoms with Crippen molar-refractivity contribution < 1.29 is 9.59 Å². The normalized spacial score (nSPS) is 13.2. The van der Waals surface area contributed by atoms with E-state index in [2.05, 4.69) is 31.1 Å². The highest BCUT2D eigenvalue weighted by molar-refractivity contribution is 7.13. The number of aromatic amines is 1. The van der Waals surface area contributed by atoms with Crippen molar-refractivity contribution >= 4 is 34.9 Å². The van der Waals surface area contributed by atoms with Crippen LogP contribution >= 0.6 is 11.3 Å². The maximum Gasteiger partial charge on any atom is 0.319 e. The van der Waals surface area contributed by atoms with E-state index in [0.29, 0.717) is 17.1 Å². The summed E-state index contributed by atoms with van der Waals surface area (Å²) >= 11 is 1.53. The number of aromatic nitrogens is 3. The predicted molar refractivity (Wildman–Crippen MR) is 99.3 cm³/mol. The lowest BCUT2D eigenvalue weighted by molar-refractivity contribution is 0.102. The van der Waals surface area contributed by atoms with Crippen LogP contribution in [0.1, 0.15) is 23.2 Å². The molecule has 0 saturated heterocycles. The van der Waals surface area contributed by atoms with Gasteiger partial charge < -0.3 is 10.6 Å². The van der Waals surface area contributed by atoms with Gasteiger partial charge in [0.05, 0.1) is 4.88 Å². The predicted octanol–water partition coefficient (Wildman–Crippen LogP) is 3.07. The maximum atomic E-state index is 12.4. The van der Waals surface area contributed by atoms with E-state index in [0.717, 1.165) is 17.7 Å². The number of hydrogen-bond donors (Lipinski definition) is 4. The molecule has 26 heavy (non-hydrogen) atoms. The molecule has 3 aromatic rings. The van der Waals surface area contributed by atoms with Crippen LogP contribution in [0, 0.1) is 0 Å². The Hall–Kier alpha value is -3.20. The average molecular weight is 368 g/mol. The van der Waals surface area contributed by atoms with E-state index in [1.165, 1.54) is 11.3 Å². The van der Waals surface area contributed by atoms with Gasteiger partial charge in [-0.25, -0.2) is 4.79 Å². The number of carbonyl (C=O) groups excluding carboxylic acids is 2. The first-order valence-corrected chi connectivity index (χ1v) is 9.00. The highest BCUT2D eigenvalue weighted by Gasteiger charge is 2.23. The molecule has 132 valence electrons. The van der Waals surface area contributed by atoms with E-state index in [9.17, 15) is 9.59 Å². The molecule has 9 heteroatoms. The van der Waals surface area contributed by atoms with Crippen molar-refractivity contribution in [3.05, 3.63) is 47.3 Å². The Labute approximate surface area is 153 Å². The number of benzene rings is 1. The van der Waals surface area contributed by atoms with Crippen LogP contribution in [0.25, 0.3) is 10.7 Å². The SMILES string of the molecule is O=C(Nc1cccc(C(=O)Nc2n[nH]c(-c3cccs3)n2)c1)NC1CC1. The third-order valence-corrected chi connectivity index (χ3v) is 4.64. The van der Waals surface area contributed by atoms with Gasteiger partial charge in [-0.15, -0.1) is 16.4 Å². The summed E-state index contributed by atoms with van der Waals surface area (Å²) in [6, 6.07) is 10.5. The van der Waals surface area contributed by atoms with Crippen molar-refractivity contribution in [1.82, 2.24) is 20.5 Å². The summed E-state index contributed by atoms with van der Waals surface area (Å²) < 4.78 is 0. The van der Waals surface area contributed by atoms with E-state index in [1.807, 2.05) is 17.5 Å². The molecule has 1 saturated carbocycles. The molecule has 0 aliphatic heterocycles. The number of thiophene rings is 1. The van der Waals surface area contributed by atoms with Gasteiger partial charge in [0.2, 0.25) is 5.95 Å². The van der Waals surface area contributed by atoms with Gasteiger partial charge in [0.25, 0.3) is 5.91 Å². The number of carbonyl (C=O) groups is 2. The lowest BCUT2D eigenvalue weighted by atomic mass is 10.2. The van der Waals surface area contributed by atoms with Gasteiger partial charge in [0.1, 0.15) is 0 Å². The first kappa shape index (κ1) is 16.3. The Morgan fingerprint density at radius 2 is 2.04 bits per heavy atom. The highest BCUT2D eigenvalue weighted by atomic mass is 32.1. The van der Waals surface area contributed by atoms with Gasteiger partial charge in [-0.2, -0.15) is 4.98 Å². The minimum absolute atomic E-state index is 0.197. The molecule has 2 aromatic heterocycles. The van der Waals surface area contributed by atoms with Crippen molar-refractivity contribution in [2.45, 2.75) is 18.9 Å². The Balaban J connectivity index is 1.41. The Bertz CT molecular complexity index is 932. The number of amides is 3. The minimum atomic E-state index is -0.354. The van der Waals surface area contributed by atoms with Crippen LogP contribution in [0.3, 0.4) is 0 Å². The molecule has 4 N–H and O–H groups in total. The number of rotatable bonds is 5. The zero-order valence-corrected chi connectivity index (χ0v) is 14.5. The van der Waals surface area contributed by atoms with Crippen LogP contribution < -0.4 is 16.0 Å². The summed E-state index contributed by atoms with van der Waals surface area (Å²) in [6.07, 6.45) is 2.03. The van der Waals surface area contributed by atoms with Gasteiger partial charge >= 0.3 is 6.03 Å². The second kappa shape index (κ2) is 6.96. The van der Waals surface area contributed by atoms with Crippen molar-refractivity contribution in [2.75, 3.05) is 10.6 Å². The van der Waals surface area contributed by atoms with Crippen molar-refractivity contribution in [2.24, 2.45) is 0 Å². The third kappa shape index (κ3) is 3.89. The topological polar surface area (TPSA) is 112 Å². The number of urea groups is 1. The summed E-state index contributed by atoms with van der Waals surface area (Å²) in [6.45, 7) is 0. The van der Waals surface area contributed by atoms with Crippen LogP contribution in [-0.2, 0) is 0 Å². The molecule has 4 rings (SSSR count). The molecule has 1 aliphatic carbocycles. The second-order valence-corrected chi connectivity index (χ2v) is 6.84. The zero-order chi connectivity index (χ0) is 17.9. The molecule has 1 fully saturated rings. The molecule has 1 aromatic carbocycles. The van der Waals surface area contributed by atoms with Crippen LogP contribution in [0.4, 0.5) is 16.4 Å². The van der Waals surface area contributed by atoms with Crippen molar-refractivity contribution in [3.8, 4) is 10.7 Å². The first-order valence-electron chi connectivity index (χ1n) is 8.12. The van der Waals surface area contributed by atoms with E-state index in [4.69, 9.17) is 0 Å². The summed E-state index contributed by atoms with van der Waals surface area (Å²) in [5.41, 5.74) is 0.946. The third-order valence-electron chi connectivity index (χ3n) is 3.76. The molecular formula is C17H16N6O2S. The number of anilines is 2. The Kier molecular flexibility index (Phi) is 4.36. The summed E-state index contributed by atoms with van der Waals surface area (Å²) in [5.74, 6) is 0.443. The Morgan fingerprint density at radius 1 is 1.15 bits per heavy atom. The van der Waals surface area contributed by atoms with Crippen LogP contribution in [0.2, 0.25) is 0 Å². The monoisotopic (exact) mass is 368 g/mol. The zero-order valence-electron chi connectivity index (χ0n) is 13.7. The molecule has 8 nitrogen and oxygen atoms in total. The van der Waals surface area contributed by atoms with E-state index < -0.39 is 0 Å². The summed E-state index contributed by atoms with van der Waals surface area (Å²) in [4.78, 5) is 29.4.